The lowest BCUT2D eigenvalue weighted by molar-refractivity contribution is -0.127. The van der Waals surface area contributed by atoms with Crippen LogP contribution in [-0.2, 0) is 4.79 Å². The van der Waals surface area contributed by atoms with Gasteiger partial charge in [0.2, 0.25) is 5.91 Å². The van der Waals surface area contributed by atoms with Gasteiger partial charge in [-0.25, -0.2) is 0 Å². The Kier molecular flexibility index (Phi) is 4.23. The Balaban J connectivity index is 2.38. The van der Waals surface area contributed by atoms with Crippen LogP contribution >= 0.6 is 0 Å². The van der Waals surface area contributed by atoms with Crippen LogP contribution in [0.25, 0.3) is 0 Å². The summed E-state index contributed by atoms with van der Waals surface area (Å²) in [6.07, 6.45) is 4.04. The normalized spacial score (nSPS) is 31.4. The Labute approximate surface area is 115 Å². The lowest BCUT2D eigenvalue weighted by atomic mass is 9.62. The van der Waals surface area contributed by atoms with E-state index < -0.39 is 0 Å². The number of pyridine rings is 1. The molecule has 0 spiro atoms. The van der Waals surface area contributed by atoms with Crippen molar-refractivity contribution in [2.75, 3.05) is 0 Å². The lowest BCUT2D eigenvalue weighted by Crippen LogP contribution is -2.42. The van der Waals surface area contributed by atoms with Gasteiger partial charge in [-0.1, -0.05) is 26.8 Å². The van der Waals surface area contributed by atoms with Crippen molar-refractivity contribution < 1.29 is 4.79 Å². The molecule has 1 aliphatic rings. The number of amides is 1. The fourth-order valence-electron chi connectivity index (χ4n) is 3.62. The molecule has 4 unspecified atom stereocenters. The molecule has 1 heterocycles. The summed E-state index contributed by atoms with van der Waals surface area (Å²) < 4.78 is 0. The highest BCUT2D eigenvalue weighted by atomic mass is 16.1. The minimum absolute atomic E-state index is 0.0846. The predicted molar refractivity (Wildman–Crippen MR) is 76.4 cm³/mol. The third-order valence-corrected chi connectivity index (χ3v) is 4.63. The summed E-state index contributed by atoms with van der Waals surface area (Å²) >= 11 is 0. The van der Waals surface area contributed by atoms with E-state index in [2.05, 4.69) is 25.8 Å². The molecular weight excluding hydrogens is 236 g/mol. The molecule has 0 saturated heterocycles. The highest BCUT2D eigenvalue weighted by Gasteiger charge is 2.43. The quantitative estimate of drug-likeness (QED) is 0.908. The van der Waals surface area contributed by atoms with Crippen molar-refractivity contribution in [3.63, 3.8) is 0 Å². The predicted octanol–water partition coefficient (Wildman–Crippen LogP) is 2.97. The van der Waals surface area contributed by atoms with Gasteiger partial charge < -0.3 is 5.73 Å². The van der Waals surface area contributed by atoms with Crippen molar-refractivity contribution in [3.8, 4) is 0 Å². The molecule has 19 heavy (non-hydrogen) atoms. The molecule has 1 aromatic heterocycles. The van der Waals surface area contributed by atoms with Crippen LogP contribution in [0.1, 0.15) is 45.2 Å². The average Bonchev–Trinajstić information content (AvgIpc) is 2.38. The molecule has 0 radical (unpaired) electrons. The molecule has 2 N–H and O–H groups in total. The highest BCUT2D eigenvalue weighted by molar-refractivity contribution is 5.78. The third kappa shape index (κ3) is 2.80. The Hall–Kier alpha value is -1.38. The maximum Gasteiger partial charge on any atom is 0.221 e. The van der Waals surface area contributed by atoms with Crippen molar-refractivity contribution in [2.24, 2.45) is 29.4 Å². The number of hydrogen-bond donors (Lipinski definition) is 1. The molecule has 4 atom stereocenters. The van der Waals surface area contributed by atoms with Crippen LogP contribution in [0.15, 0.2) is 24.4 Å². The third-order valence-electron chi connectivity index (χ3n) is 4.63. The molecule has 1 aliphatic carbocycles. The maximum absolute atomic E-state index is 12.0. The van der Waals surface area contributed by atoms with Gasteiger partial charge in [0.25, 0.3) is 0 Å². The van der Waals surface area contributed by atoms with Gasteiger partial charge in [-0.2, -0.15) is 0 Å². The van der Waals surface area contributed by atoms with Gasteiger partial charge in [0.15, 0.2) is 0 Å². The van der Waals surface area contributed by atoms with Gasteiger partial charge in [0, 0.05) is 23.7 Å². The van der Waals surface area contributed by atoms with Crippen LogP contribution in [0.5, 0.6) is 0 Å². The summed E-state index contributed by atoms with van der Waals surface area (Å²) in [6.45, 7) is 6.59. The van der Waals surface area contributed by atoms with Crippen molar-refractivity contribution in [3.05, 3.63) is 30.1 Å². The van der Waals surface area contributed by atoms with E-state index >= 15 is 0 Å². The Morgan fingerprint density at radius 3 is 2.63 bits per heavy atom. The number of primary amides is 1. The Bertz CT molecular complexity index is 430. The molecule has 0 bridgehead atoms. The van der Waals surface area contributed by atoms with Crippen molar-refractivity contribution in [1.29, 1.82) is 0 Å². The molecule has 1 amide bonds. The van der Waals surface area contributed by atoms with Crippen LogP contribution in [-0.4, -0.2) is 10.9 Å². The average molecular weight is 260 g/mol. The van der Waals surface area contributed by atoms with E-state index in [-0.39, 0.29) is 17.7 Å². The number of nitrogens with zero attached hydrogens (tertiary/aromatic N) is 1. The van der Waals surface area contributed by atoms with Crippen molar-refractivity contribution >= 4 is 5.91 Å². The number of hydrogen-bond acceptors (Lipinski definition) is 2. The molecule has 1 aromatic rings. The SMILES string of the molecule is CC(C)C1CCC(C)C(c2ccccn2)C1C(N)=O. The zero-order valence-electron chi connectivity index (χ0n) is 12.0. The van der Waals surface area contributed by atoms with Crippen LogP contribution in [0, 0.1) is 23.7 Å². The summed E-state index contributed by atoms with van der Waals surface area (Å²) in [4.78, 5) is 16.5. The van der Waals surface area contributed by atoms with E-state index in [9.17, 15) is 4.79 Å². The topological polar surface area (TPSA) is 56.0 Å². The number of carbonyl (C=O) groups excluding carboxylic acids is 1. The molecule has 3 heteroatoms. The van der Waals surface area contributed by atoms with E-state index in [1.807, 2.05) is 18.2 Å². The minimum Gasteiger partial charge on any atom is -0.369 e. The summed E-state index contributed by atoms with van der Waals surface area (Å²) in [5.74, 6) is 1.23. The molecule has 1 fully saturated rings. The first-order chi connectivity index (χ1) is 9.02. The summed E-state index contributed by atoms with van der Waals surface area (Å²) in [5, 5.41) is 0. The second kappa shape index (κ2) is 5.72. The second-order valence-corrected chi connectivity index (χ2v) is 6.17. The first-order valence-electron chi connectivity index (χ1n) is 7.22. The minimum atomic E-state index is -0.166. The van der Waals surface area contributed by atoms with E-state index in [1.54, 1.807) is 6.20 Å². The summed E-state index contributed by atoms with van der Waals surface area (Å²) in [5.41, 5.74) is 6.74. The van der Waals surface area contributed by atoms with E-state index in [0.29, 0.717) is 17.8 Å². The number of aromatic nitrogens is 1. The fraction of sp³-hybridized carbons (Fsp3) is 0.625. The smallest absolute Gasteiger partial charge is 0.221 e. The molecule has 2 rings (SSSR count). The largest absolute Gasteiger partial charge is 0.369 e. The van der Waals surface area contributed by atoms with Gasteiger partial charge >= 0.3 is 0 Å². The van der Waals surface area contributed by atoms with Crippen LogP contribution < -0.4 is 5.73 Å². The number of carbonyl (C=O) groups is 1. The summed E-state index contributed by atoms with van der Waals surface area (Å²) in [6, 6.07) is 5.93. The molecule has 0 aliphatic heterocycles. The van der Waals surface area contributed by atoms with Gasteiger partial charge in [-0.05, 0) is 42.7 Å². The highest BCUT2D eigenvalue weighted by Crippen LogP contribution is 2.46. The molecule has 3 nitrogen and oxygen atoms in total. The van der Waals surface area contributed by atoms with Gasteiger partial charge in [-0.3, -0.25) is 9.78 Å². The van der Waals surface area contributed by atoms with E-state index in [4.69, 9.17) is 5.73 Å². The van der Waals surface area contributed by atoms with Crippen LogP contribution in [0.4, 0.5) is 0 Å². The Morgan fingerprint density at radius 1 is 1.37 bits per heavy atom. The molecule has 1 saturated carbocycles. The number of rotatable bonds is 3. The molecule has 104 valence electrons. The maximum atomic E-state index is 12.0. The van der Waals surface area contributed by atoms with E-state index in [1.165, 1.54) is 0 Å². The standard InChI is InChI=1S/C16H24N2O/c1-10(2)12-8-7-11(3)14(15(12)16(17)19)13-6-4-5-9-18-13/h4-6,9-12,14-15H,7-8H2,1-3H3,(H2,17,19). The second-order valence-electron chi connectivity index (χ2n) is 6.17. The van der Waals surface area contributed by atoms with Gasteiger partial charge in [0.1, 0.15) is 0 Å². The van der Waals surface area contributed by atoms with Crippen LogP contribution in [0.3, 0.4) is 0 Å². The monoisotopic (exact) mass is 260 g/mol. The van der Waals surface area contributed by atoms with Gasteiger partial charge in [0.05, 0.1) is 0 Å². The first-order valence-corrected chi connectivity index (χ1v) is 7.22. The van der Waals surface area contributed by atoms with Crippen LogP contribution in [0.2, 0.25) is 0 Å². The summed E-state index contributed by atoms with van der Waals surface area (Å²) in [7, 11) is 0. The van der Waals surface area contributed by atoms with E-state index in [0.717, 1.165) is 18.5 Å². The van der Waals surface area contributed by atoms with Crippen molar-refractivity contribution in [1.82, 2.24) is 4.98 Å². The fourth-order valence-corrected chi connectivity index (χ4v) is 3.62. The molecular formula is C16H24N2O. The first kappa shape index (κ1) is 14.0. The zero-order chi connectivity index (χ0) is 14.0. The molecule has 0 aromatic carbocycles. The Morgan fingerprint density at radius 2 is 2.11 bits per heavy atom. The zero-order valence-corrected chi connectivity index (χ0v) is 12.0. The van der Waals surface area contributed by atoms with Gasteiger partial charge in [-0.15, -0.1) is 0 Å². The van der Waals surface area contributed by atoms with Crippen molar-refractivity contribution in [2.45, 2.75) is 39.5 Å². The number of nitrogens with two attached hydrogens (primary N) is 1. The lowest BCUT2D eigenvalue weighted by Gasteiger charge is -2.42.